The predicted octanol–water partition coefficient (Wildman–Crippen LogP) is -2.31. The number of hydrogen-bond donors (Lipinski definition) is 3. The summed E-state index contributed by atoms with van der Waals surface area (Å²) in [5.41, 5.74) is 0. The van der Waals surface area contributed by atoms with E-state index in [0.29, 0.717) is 0 Å². The fraction of sp³-hybridized carbons (Fsp3) is 0.708. The molecule has 10 atom stereocenters. The zero-order valence-corrected chi connectivity index (χ0v) is 23.5. The number of carbonyl (C=O) groups excluding carboxylic acids is 6. The second-order valence-corrected chi connectivity index (χ2v) is 9.25. The first-order valence-electron chi connectivity index (χ1n) is 12.5. The highest BCUT2D eigenvalue weighted by Crippen LogP contribution is 2.33. The monoisotopic (exact) mass is 607 g/mol. The van der Waals surface area contributed by atoms with Gasteiger partial charge in [0.1, 0.15) is 24.9 Å². The highest BCUT2D eigenvalue weighted by Gasteiger charge is 2.57. The molecule has 42 heavy (non-hydrogen) atoms. The summed E-state index contributed by atoms with van der Waals surface area (Å²) in [7, 11) is 0. The lowest BCUT2D eigenvalue weighted by atomic mass is 9.94. The lowest BCUT2D eigenvalue weighted by Gasteiger charge is -2.48. The lowest BCUT2D eigenvalue weighted by Crippen LogP contribution is -2.69. The van der Waals surface area contributed by atoms with E-state index < -0.39 is 110 Å². The number of nitrogens with one attached hydrogen (secondary N) is 1. The molecule has 2 heterocycles. The predicted molar refractivity (Wildman–Crippen MR) is 129 cm³/mol. The summed E-state index contributed by atoms with van der Waals surface area (Å²) in [6, 6.07) is -1.53. The van der Waals surface area contributed by atoms with Gasteiger partial charge in [-0.25, -0.2) is 4.79 Å². The van der Waals surface area contributed by atoms with Gasteiger partial charge in [0.05, 0.1) is 0 Å². The van der Waals surface area contributed by atoms with Gasteiger partial charge in [-0.3, -0.25) is 28.8 Å². The van der Waals surface area contributed by atoms with Crippen molar-refractivity contribution in [3.05, 3.63) is 0 Å². The van der Waals surface area contributed by atoms with Crippen LogP contribution >= 0.6 is 0 Å². The van der Waals surface area contributed by atoms with Crippen LogP contribution in [0.3, 0.4) is 0 Å². The summed E-state index contributed by atoms with van der Waals surface area (Å²) in [4.78, 5) is 83.6. The molecule has 0 bridgehead atoms. The van der Waals surface area contributed by atoms with E-state index in [4.69, 9.17) is 37.9 Å². The van der Waals surface area contributed by atoms with Crippen molar-refractivity contribution in [3.63, 3.8) is 0 Å². The number of aliphatic hydroxyl groups is 1. The number of aliphatic carboxylic acids is 1. The van der Waals surface area contributed by atoms with Crippen molar-refractivity contribution < 1.29 is 81.7 Å². The van der Waals surface area contributed by atoms with Crippen molar-refractivity contribution in [3.8, 4) is 0 Å². The summed E-state index contributed by atoms with van der Waals surface area (Å²) >= 11 is 0. The number of esters is 5. The molecule has 2 rings (SSSR count). The van der Waals surface area contributed by atoms with Gasteiger partial charge in [-0.1, -0.05) is 0 Å². The van der Waals surface area contributed by atoms with Gasteiger partial charge in [0, 0.05) is 41.5 Å². The van der Waals surface area contributed by atoms with Gasteiger partial charge in [-0.2, -0.15) is 0 Å². The van der Waals surface area contributed by atoms with E-state index in [1.54, 1.807) is 0 Å². The number of hydrogen-bond acceptors (Lipinski definition) is 16. The third-order valence-corrected chi connectivity index (χ3v) is 5.72. The molecule has 3 N–H and O–H groups in total. The van der Waals surface area contributed by atoms with Gasteiger partial charge in [0.15, 0.2) is 43.1 Å². The molecule has 18 heteroatoms. The molecule has 2 aliphatic rings. The SMILES string of the molecule is CC(=O)N[C@H]1[C@H](O[C@H]2[C@H](OC(C)=O)[C@@H](OC(C)=O)C(O)O[C@@H]2C(=O)O)O[C@H](COC(C)=O)[C@H](OC(C)=O)[C@@H]1OC(C)=O. The van der Waals surface area contributed by atoms with Crippen LogP contribution in [0.15, 0.2) is 0 Å². The van der Waals surface area contributed by atoms with E-state index in [1.807, 2.05) is 0 Å². The number of carboxylic acids is 1. The largest absolute Gasteiger partial charge is 0.479 e. The number of amides is 1. The Morgan fingerprint density at radius 2 is 1.17 bits per heavy atom. The van der Waals surface area contributed by atoms with Gasteiger partial charge < -0.3 is 53.4 Å². The van der Waals surface area contributed by atoms with Gasteiger partial charge in [-0.05, 0) is 0 Å². The molecular formula is C24H33NO17. The third-order valence-electron chi connectivity index (χ3n) is 5.72. The van der Waals surface area contributed by atoms with Crippen molar-refractivity contribution >= 4 is 41.7 Å². The summed E-state index contributed by atoms with van der Waals surface area (Å²) < 4.78 is 42.7. The Hall–Kier alpha value is -3.87. The van der Waals surface area contributed by atoms with Crippen molar-refractivity contribution in [2.24, 2.45) is 0 Å². The van der Waals surface area contributed by atoms with E-state index in [1.165, 1.54) is 0 Å². The van der Waals surface area contributed by atoms with Crippen LogP contribution in [-0.4, -0.2) is 120 Å². The molecular weight excluding hydrogens is 574 g/mol. The number of carboxylic acid groups (broad SMARTS) is 1. The van der Waals surface area contributed by atoms with Crippen LogP contribution in [0.5, 0.6) is 0 Å². The average Bonchev–Trinajstić information content (AvgIpc) is 2.83. The number of carbonyl (C=O) groups is 7. The standard InChI is InChI=1S/C24H33NO17/c1-8(26)25-15-17(37-11(4)29)16(36-10(3)28)14(7-35-9(2)27)40-24(15)42-18-19(38-12(5)30)21(39-13(6)31)23(34)41-20(18)22(32)33/h14-21,23-24,34H,7H2,1-6H3,(H,25,26)(H,32,33)/t14-,15-,16+,17-,18+,19+,20+,21-,23?,24+/m1/s1. The van der Waals surface area contributed by atoms with Crippen molar-refractivity contribution in [2.45, 2.75) is 103 Å². The normalized spacial score (nSPS) is 32.5. The molecule has 0 aliphatic carbocycles. The third kappa shape index (κ3) is 9.33. The molecule has 2 aliphatic heterocycles. The first-order chi connectivity index (χ1) is 19.5. The summed E-state index contributed by atoms with van der Waals surface area (Å²) in [5, 5.41) is 22.6. The Morgan fingerprint density at radius 3 is 1.64 bits per heavy atom. The van der Waals surface area contributed by atoms with Crippen LogP contribution in [-0.2, 0) is 71.5 Å². The highest BCUT2D eigenvalue weighted by atomic mass is 16.7. The Morgan fingerprint density at radius 1 is 0.667 bits per heavy atom. The first kappa shape index (κ1) is 34.3. The fourth-order valence-electron chi connectivity index (χ4n) is 4.38. The van der Waals surface area contributed by atoms with Crippen LogP contribution in [0.2, 0.25) is 0 Å². The van der Waals surface area contributed by atoms with E-state index >= 15 is 0 Å². The van der Waals surface area contributed by atoms with Crippen LogP contribution in [0.4, 0.5) is 0 Å². The minimum absolute atomic E-state index is 0.594. The van der Waals surface area contributed by atoms with E-state index in [2.05, 4.69) is 5.32 Å². The summed E-state index contributed by atoms with van der Waals surface area (Å²) in [5.74, 6) is -6.94. The zero-order valence-electron chi connectivity index (χ0n) is 23.5. The molecule has 0 saturated carbocycles. The molecule has 0 radical (unpaired) electrons. The maximum absolute atomic E-state index is 12.2. The number of rotatable bonds is 10. The van der Waals surface area contributed by atoms with Gasteiger partial charge in [-0.15, -0.1) is 0 Å². The molecule has 18 nitrogen and oxygen atoms in total. The molecule has 0 aromatic carbocycles. The van der Waals surface area contributed by atoms with E-state index in [0.717, 1.165) is 41.5 Å². The minimum atomic E-state index is -2.09. The lowest BCUT2D eigenvalue weighted by molar-refractivity contribution is -0.338. The van der Waals surface area contributed by atoms with E-state index in [-0.39, 0.29) is 0 Å². The van der Waals surface area contributed by atoms with Gasteiger partial charge in [0.2, 0.25) is 5.91 Å². The molecule has 236 valence electrons. The Bertz CT molecular complexity index is 1060. The molecule has 2 saturated heterocycles. The molecule has 1 amide bonds. The van der Waals surface area contributed by atoms with Crippen LogP contribution in [0, 0.1) is 0 Å². The van der Waals surface area contributed by atoms with E-state index in [9.17, 15) is 43.8 Å². The second kappa shape index (κ2) is 14.9. The molecule has 0 aromatic rings. The van der Waals surface area contributed by atoms with Gasteiger partial charge >= 0.3 is 35.8 Å². The smallest absolute Gasteiger partial charge is 0.335 e. The molecule has 1 unspecified atom stereocenters. The van der Waals surface area contributed by atoms with Crippen molar-refractivity contribution in [1.82, 2.24) is 5.32 Å². The first-order valence-corrected chi connectivity index (χ1v) is 12.5. The van der Waals surface area contributed by atoms with Crippen LogP contribution in [0.1, 0.15) is 41.5 Å². The Labute approximate surface area is 238 Å². The quantitative estimate of drug-likeness (QED) is 0.174. The van der Waals surface area contributed by atoms with Crippen molar-refractivity contribution in [1.29, 1.82) is 0 Å². The highest BCUT2D eigenvalue weighted by molar-refractivity contribution is 5.75. The molecule has 2 fully saturated rings. The minimum Gasteiger partial charge on any atom is -0.479 e. The van der Waals surface area contributed by atoms with Crippen LogP contribution in [0.25, 0.3) is 0 Å². The van der Waals surface area contributed by atoms with Gasteiger partial charge in [0.25, 0.3) is 0 Å². The van der Waals surface area contributed by atoms with Crippen LogP contribution < -0.4 is 5.32 Å². The fourth-order valence-corrected chi connectivity index (χ4v) is 4.38. The maximum Gasteiger partial charge on any atom is 0.335 e. The Balaban J connectivity index is 2.65. The summed E-state index contributed by atoms with van der Waals surface area (Å²) in [6.07, 6.45) is -16.0. The number of ether oxygens (including phenoxy) is 8. The zero-order chi connectivity index (χ0) is 31.9. The molecule has 0 aromatic heterocycles. The average molecular weight is 608 g/mol. The maximum atomic E-state index is 12.2. The number of aliphatic hydroxyl groups excluding tert-OH is 1. The Kier molecular flexibility index (Phi) is 12.1. The second-order valence-electron chi connectivity index (χ2n) is 9.25. The van der Waals surface area contributed by atoms with Crippen molar-refractivity contribution in [2.75, 3.05) is 6.61 Å². The molecule has 0 spiro atoms. The summed E-state index contributed by atoms with van der Waals surface area (Å²) in [6.45, 7) is 5.51. The topological polar surface area (TPSA) is 246 Å².